The lowest BCUT2D eigenvalue weighted by Crippen LogP contribution is -2.21. The van der Waals surface area contributed by atoms with Gasteiger partial charge in [-0.25, -0.2) is 0 Å². The summed E-state index contributed by atoms with van der Waals surface area (Å²) >= 11 is 0. The van der Waals surface area contributed by atoms with Gasteiger partial charge in [0.2, 0.25) is 0 Å². The van der Waals surface area contributed by atoms with Crippen LogP contribution in [0.2, 0.25) is 0 Å². The van der Waals surface area contributed by atoms with E-state index >= 15 is 0 Å². The van der Waals surface area contributed by atoms with Gasteiger partial charge >= 0.3 is 0 Å². The molecular formula is C15H20N2O3. The molecule has 108 valence electrons. The third-order valence-corrected chi connectivity index (χ3v) is 2.90. The zero-order chi connectivity index (χ0) is 14.2. The van der Waals surface area contributed by atoms with Crippen LogP contribution in [0.3, 0.4) is 0 Å². The molecule has 0 spiro atoms. The maximum absolute atomic E-state index is 5.31. The standard InChI is InChI=1S/C15H20N2O3/c1-18-12-5-6-15(19-2)14(10-12)17-8-7-16-11-13-4-3-9-20-13/h3-6,9-10,16-17H,7-8,11H2,1-2H3. The van der Waals surface area contributed by atoms with Crippen LogP contribution in [0.15, 0.2) is 41.0 Å². The Morgan fingerprint density at radius 1 is 1.10 bits per heavy atom. The van der Waals surface area contributed by atoms with Crippen molar-refractivity contribution < 1.29 is 13.9 Å². The molecule has 20 heavy (non-hydrogen) atoms. The summed E-state index contributed by atoms with van der Waals surface area (Å²) in [6.45, 7) is 2.33. The smallest absolute Gasteiger partial charge is 0.142 e. The van der Waals surface area contributed by atoms with E-state index in [2.05, 4.69) is 10.6 Å². The first kappa shape index (κ1) is 14.3. The zero-order valence-corrected chi connectivity index (χ0v) is 11.8. The molecule has 2 aromatic rings. The van der Waals surface area contributed by atoms with Gasteiger partial charge in [0.05, 0.1) is 32.7 Å². The Morgan fingerprint density at radius 3 is 2.70 bits per heavy atom. The quantitative estimate of drug-likeness (QED) is 0.726. The number of furan rings is 1. The minimum Gasteiger partial charge on any atom is -0.497 e. The lowest BCUT2D eigenvalue weighted by molar-refractivity contribution is 0.404. The van der Waals surface area contributed by atoms with Crippen molar-refractivity contribution >= 4 is 5.69 Å². The van der Waals surface area contributed by atoms with E-state index < -0.39 is 0 Å². The van der Waals surface area contributed by atoms with E-state index in [1.807, 2.05) is 30.3 Å². The van der Waals surface area contributed by atoms with Gasteiger partial charge in [-0.15, -0.1) is 0 Å². The number of hydrogen-bond donors (Lipinski definition) is 2. The summed E-state index contributed by atoms with van der Waals surface area (Å²) in [6, 6.07) is 9.52. The molecule has 0 fully saturated rings. The fourth-order valence-electron chi connectivity index (χ4n) is 1.86. The van der Waals surface area contributed by atoms with Crippen LogP contribution in [0.4, 0.5) is 5.69 Å². The van der Waals surface area contributed by atoms with E-state index in [0.29, 0.717) is 0 Å². The number of benzene rings is 1. The van der Waals surface area contributed by atoms with E-state index in [9.17, 15) is 0 Å². The fraction of sp³-hybridized carbons (Fsp3) is 0.333. The number of rotatable bonds is 8. The molecule has 1 aromatic carbocycles. The van der Waals surface area contributed by atoms with Gasteiger partial charge in [-0.2, -0.15) is 0 Å². The third-order valence-electron chi connectivity index (χ3n) is 2.90. The molecule has 5 heteroatoms. The minimum absolute atomic E-state index is 0.726. The summed E-state index contributed by atoms with van der Waals surface area (Å²) in [5, 5.41) is 6.62. The first-order valence-corrected chi connectivity index (χ1v) is 6.52. The molecule has 0 amide bonds. The SMILES string of the molecule is COc1ccc(OC)c(NCCNCc2ccco2)c1. The zero-order valence-electron chi connectivity index (χ0n) is 11.8. The van der Waals surface area contributed by atoms with Crippen molar-refractivity contribution in [2.45, 2.75) is 6.54 Å². The highest BCUT2D eigenvalue weighted by atomic mass is 16.5. The third kappa shape index (κ3) is 3.93. The van der Waals surface area contributed by atoms with Crippen LogP contribution in [0, 0.1) is 0 Å². The summed E-state index contributed by atoms with van der Waals surface area (Å²) in [5.41, 5.74) is 0.923. The highest BCUT2D eigenvalue weighted by Gasteiger charge is 2.04. The molecule has 2 rings (SSSR count). The number of hydrogen-bond acceptors (Lipinski definition) is 5. The molecule has 0 bridgehead atoms. The van der Waals surface area contributed by atoms with Crippen LogP contribution in [0.1, 0.15) is 5.76 Å². The average molecular weight is 276 g/mol. The topological polar surface area (TPSA) is 55.7 Å². The van der Waals surface area contributed by atoms with Gasteiger partial charge in [0, 0.05) is 19.2 Å². The normalized spacial score (nSPS) is 10.3. The van der Waals surface area contributed by atoms with E-state index in [4.69, 9.17) is 13.9 Å². The Morgan fingerprint density at radius 2 is 2.00 bits per heavy atom. The first-order valence-electron chi connectivity index (χ1n) is 6.52. The highest BCUT2D eigenvalue weighted by Crippen LogP contribution is 2.28. The fourth-order valence-corrected chi connectivity index (χ4v) is 1.86. The molecule has 5 nitrogen and oxygen atoms in total. The lowest BCUT2D eigenvalue weighted by atomic mass is 10.2. The van der Waals surface area contributed by atoms with Gasteiger partial charge in [-0.05, 0) is 24.3 Å². The van der Waals surface area contributed by atoms with Crippen LogP contribution < -0.4 is 20.1 Å². The maximum atomic E-state index is 5.31. The molecule has 2 N–H and O–H groups in total. The van der Waals surface area contributed by atoms with Crippen LogP contribution in [-0.2, 0) is 6.54 Å². The molecule has 0 unspecified atom stereocenters. The van der Waals surface area contributed by atoms with Crippen molar-refractivity contribution in [3.8, 4) is 11.5 Å². The Kier molecular flexibility index (Phi) is 5.32. The maximum Gasteiger partial charge on any atom is 0.142 e. The second-order valence-electron chi connectivity index (χ2n) is 4.25. The Labute approximate surface area is 118 Å². The van der Waals surface area contributed by atoms with Gasteiger partial charge in [0.25, 0.3) is 0 Å². The summed E-state index contributed by atoms with van der Waals surface area (Å²) < 4.78 is 15.8. The Hall–Kier alpha value is -2.14. The molecule has 0 radical (unpaired) electrons. The van der Waals surface area contributed by atoms with Crippen molar-refractivity contribution in [3.05, 3.63) is 42.4 Å². The number of anilines is 1. The van der Waals surface area contributed by atoms with Crippen molar-refractivity contribution in [2.24, 2.45) is 0 Å². The van der Waals surface area contributed by atoms with Gasteiger partial charge in [-0.1, -0.05) is 0 Å². The van der Waals surface area contributed by atoms with Crippen LogP contribution in [-0.4, -0.2) is 27.3 Å². The van der Waals surface area contributed by atoms with Crippen molar-refractivity contribution in [2.75, 3.05) is 32.6 Å². The molecule has 0 aliphatic carbocycles. The van der Waals surface area contributed by atoms with Crippen molar-refractivity contribution in [1.29, 1.82) is 0 Å². The predicted molar refractivity (Wildman–Crippen MR) is 78.5 cm³/mol. The molecule has 1 aromatic heterocycles. The van der Waals surface area contributed by atoms with Gasteiger partial charge in [0.1, 0.15) is 17.3 Å². The van der Waals surface area contributed by atoms with Crippen LogP contribution >= 0.6 is 0 Å². The largest absolute Gasteiger partial charge is 0.497 e. The van der Waals surface area contributed by atoms with Crippen LogP contribution in [0.5, 0.6) is 11.5 Å². The van der Waals surface area contributed by atoms with Crippen molar-refractivity contribution in [3.63, 3.8) is 0 Å². The second-order valence-corrected chi connectivity index (χ2v) is 4.25. The molecular weight excluding hydrogens is 256 g/mol. The van der Waals surface area contributed by atoms with Crippen LogP contribution in [0.25, 0.3) is 0 Å². The van der Waals surface area contributed by atoms with Crippen molar-refractivity contribution in [1.82, 2.24) is 5.32 Å². The summed E-state index contributed by atoms with van der Waals surface area (Å²) in [6.07, 6.45) is 1.68. The van der Waals surface area contributed by atoms with Gasteiger partial charge in [-0.3, -0.25) is 0 Å². The summed E-state index contributed by atoms with van der Waals surface area (Å²) in [4.78, 5) is 0. The predicted octanol–water partition coefficient (Wildman–Crippen LogP) is 2.50. The highest BCUT2D eigenvalue weighted by molar-refractivity contribution is 5.59. The molecule has 0 saturated carbocycles. The molecule has 0 aliphatic heterocycles. The monoisotopic (exact) mass is 276 g/mol. The summed E-state index contributed by atoms with van der Waals surface area (Å²) in [7, 11) is 3.30. The average Bonchev–Trinajstić information content (AvgIpc) is 3.00. The molecule has 0 saturated heterocycles. The minimum atomic E-state index is 0.726. The lowest BCUT2D eigenvalue weighted by Gasteiger charge is -2.12. The molecule has 0 aliphatic rings. The van der Waals surface area contributed by atoms with E-state index in [0.717, 1.165) is 42.6 Å². The number of nitrogens with one attached hydrogen (secondary N) is 2. The second kappa shape index (κ2) is 7.45. The summed E-state index contributed by atoms with van der Waals surface area (Å²) in [5.74, 6) is 2.54. The number of ether oxygens (including phenoxy) is 2. The van der Waals surface area contributed by atoms with Gasteiger partial charge in [0.15, 0.2) is 0 Å². The van der Waals surface area contributed by atoms with E-state index in [1.54, 1.807) is 20.5 Å². The van der Waals surface area contributed by atoms with E-state index in [1.165, 1.54) is 0 Å². The van der Waals surface area contributed by atoms with E-state index in [-0.39, 0.29) is 0 Å². The molecule has 1 heterocycles. The molecule has 0 atom stereocenters. The number of methoxy groups -OCH3 is 2. The Balaban J connectivity index is 1.78. The van der Waals surface area contributed by atoms with Gasteiger partial charge < -0.3 is 24.5 Å². The first-order chi connectivity index (χ1) is 9.83. The Bertz CT molecular complexity index is 512.